The van der Waals surface area contributed by atoms with Crippen LogP contribution in [0.3, 0.4) is 0 Å². The molecule has 0 aliphatic carbocycles. The first-order valence-corrected chi connectivity index (χ1v) is 10.4. The summed E-state index contributed by atoms with van der Waals surface area (Å²) in [5.41, 5.74) is 1.87. The van der Waals surface area contributed by atoms with Crippen molar-refractivity contribution in [3.05, 3.63) is 58.1 Å². The maximum atomic E-state index is 12.1. The molecule has 2 aromatic carbocycles. The number of carbonyl (C=O) groups excluding carboxylic acids is 2. The number of hydrogen-bond acceptors (Lipinski definition) is 4. The van der Waals surface area contributed by atoms with Gasteiger partial charge < -0.3 is 10.6 Å². The number of halogens is 1. The fraction of sp³-hybridized carbons (Fsp3) is 0.222. The van der Waals surface area contributed by atoms with E-state index in [1.807, 2.05) is 19.1 Å². The number of amides is 2. The number of nitrogens with one attached hydrogen (secondary N) is 3. The van der Waals surface area contributed by atoms with E-state index in [0.29, 0.717) is 5.69 Å². The molecule has 0 fully saturated rings. The van der Waals surface area contributed by atoms with Gasteiger partial charge in [-0.3, -0.25) is 9.59 Å². The Labute approximate surface area is 166 Å². The molecule has 0 aromatic heterocycles. The van der Waals surface area contributed by atoms with Crippen LogP contribution in [-0.4, -0.2) is 33.3 Å². The molecule has 0 aliphatic heterocycles. The predicted octanol–water partition coefficient (Wildman–Crippen LogP) is 2.42. The molecule has 2 amide bonds. The fourth-order valence-corrected chi connectivity index (χ4v) is 3.54. The number of sulfonamides is 1. The Morgan fingerprint density at radius 1 is 1.07 bits per heavy atom. The molecule has 0 saturated heterocycles. The first-order valence-electron chi connectivity index (χ1n) is 8.17. The smallest absolute Gasteiger partial charge is 0.251 e. The Bertz CT molecular complexity index is 944. The molecule has 27 heavy (non-hydrogen) atoms. The molecule has 0 radical (unpaired) electrons. The van der Waals surface area contributed by atoms with Gasteiger partial charge in [-0.15, -0.1) is 0 Å². The van der Waals surface area contributed by atoms with Crippen LogP contribution in [0.15, 0.2) is 51.8 Å². The van der Waals surface area contributed by atoms with Crippen LogP contribution < -0.4 is 15.4 Å². The van der Waals surface area contributed by atoms with Gasteiger partial charge in [0, 0.05) is 22.3 Å². The van der Waals surface area contributed by atoms with E-state index in [1.165, 1.54) is 24.3 Å². The lowest BCUT2D eigenvalue weighted by Crippen LogP contribution is -2.32. The topological polar surface area (TPSA) is 104 Å². The molecule has 3 N–H and O–H groups in total. The van der Waals surface area contributed by atoms with Crippen molar-refractivity contribution in [2.45, 2.75) is 18.7 Å². The molecular formula is C18H20BrN3O4S. The molecule has 2 rings (SSSR count). The zero-order valence-corrected chi connectivity index (χ0v) is 17.3. The molecule has 9 heteroatoms. The molecule has 0 aliphatic rings. The Morgan fingerprint density at radius 2 is 1.74 bits per heavy atom. The van der Waals surface area contributed by atoms with Crippen LogP contribution in [0, 0.1) is 6.92 Å². The summed E-state index contributed by atoms with van der Waals surface area (Å²) >= 11 is 3.39. The van der Waals surface area contributed by atoms with Gasteiger partial charge in [0.2, 0.25) is 15.9 Å². The molecule has 7 nitrogen and oxygen atoms in total. The Hall–Kier alpha value is -2.23. The molecule has 0 spiro atoms. The average molecular weight is 454 g/mol. The highest BCUT2D eigenvalue weighted by molar-refractivity contribution is 9.10. The maximum absolute atomic E-state index is 12.1. The zero-order valence-electron chi connectivity index (χ0n) is 14.9. The summed E-state index contributed by atoms with van der Waals surface area (Å²) in [5, 5.41) is 5.20. The molecule has 2 aromatic rings. The molecule has 0 saturated carbocycles. The molecule has 0 atom stereocenters. The normalized spacial score (nSPS) is 11.1. The van der Waals surface area contributed by atoms with Gasteiger partial charge in [0.25, 0.3) is 5.91 Å². The summed E-state index contributed by atoms with van der Waals surface area (Å²) in [6.07, 6.45) is 0. The molecule has 0 heterocycles. The van der Waals surface area contributed by atoms with Crippen LogP contribution in [0.4, 0.5) is 5.69 Å². The fourth-order valence-electron chi connectivity index (χ4n) is 2.25. The van der Waals surface area contributed by atoms with Crippen molar-refractivity contribution in [3.8, 4) is 0 Å². The largest absolute Gasteiger partial charge is 0.343 e. The van der Waals surface area contributed by atoms with E-state index >= 15 is 0 Å². The van der Waals surface area contributed by atoms with E-state index < -0.39 is 15.9 Å². The van der Waals surface area contributed by atoms with Gasteiger partial charge in [0.15, 0.2) is 0 Å². The van der Waals surface area contributed by atoms with Gasteiger partial charge >= 0.3 is 0 Å². The van der Waals surface area contributed by atoms with Crippen molar-refractivity contribution in [1.29, 1.82) is 0 Å². The lowest BCUT2D eigenvalue weighted by atomic mass is 10.2. The molecular weight excluding hydrogens is 434 g/mol. The summed E-state index contributed by atoms with van der Waals surface area (Å²) in [7, 11) is -3.57. The quantitative estimate of drug-likeness (QED) is 0.598. The van der Waals surface area contributed by atoms with E-state index in [2.05, 4.69) is 31.3 Å². The van der Waals surface area contributed by atoms with Crippen molar-refractivity contribution in [1.82, 2.24) is 10.0 Å². The minimum Gasteiger partial charge on any atom is -0.343 e. The van der Waals surface area contributed by atoms with Gasteiger partial charge in [-0.2, -0.15) is 0 Å². The SMILES string of the molecule is CCNS(=O)(=O)c1ccc(C(=O)NCC(=O)Nc2ccc(Br)c(C)c2)cc1. The van der Waals surface area contributed by atoms with Gasteiger partial charge in [-0.25, -0.2) is 13.1 Å². The Morgan fingerprint density at radius 3 is 2.33 bits per heavy atom. The van der Waals surface area contributed by atoms with Crippen LogP contribution in [-0.2, 0) is 14.8 Å². The summed E-state index contributed by atoms with van der Waals surface area (Å²) in [5.74, 6) is -0.832. The summed E-state index contributed by atoms with van der Waals surface area (Å²) in [4.78, 5) is 24.2. The number of hydrogen-bond donors (Lipinski definition) is 3. The molecule has 144 valence electrons. The third kappa shape index (κ3) is 5.88. The lowest BCUT2D eigenvalue weighted by molar-refractivity contribution is -0.115. The number of benzene rings is 2. The van der Waals surface area contributed by atoms with Crippen molar-refractivity contribution in [2.75, 3.05) is 18.4 Å². The van der Waals surface area contributed by atoms with E-state index in [9.17, 15) is 18.0 Å². The van der Waals surface area contributed by atoms with Crippen molar-refractivity contribution >= 4 is 43.5 Å². The third-order valence-corrected chi connectivity index (χ3v) is 6.06. The molecule has 0 bridgehead atoms. The van der Waals surface area contributed by atoms with Gasteiger partial charge in [0.05, 0.1) is 11.4 Å². The number of carbonyl (C=O) groups is 2. The average Bonchev–Trinajstić information content (AvgIpc) is 2.63. The van der Waals surface area contributed by atoms with Gasteiger partial charge in [-0.1, -0.05) is 22.9 Å². The number of anilines is 1. The number of aryl methyl sites for hydroxylation is 1. The Balaban J connectivity index is 1.93. The lowest BCUT2D eigenvalue weighted by Gasteiger charge is -2.09. The summed E-state index contributed by atoms with van der Waals surface area (Å²) < 4.78 is 27.1. The van der Waals surface area contributed by atoms with Crippen LogP contribution in [0.25, 0.3) is 0 Å². The zero-order chi connectivity index (χ0) is 20.0. The first-order chi connectivity index (χ1) is 12.7. The molecule has 0 unspecified atom stereocenters. The highest BCUT2D eigenvalue weighted by atomic mass is 79.9. The predicted molar refractivity (Wildman–Crippen MR) is 107 cm³/mol. The van der Waals surface area contributed by atoms with Crippen LogP contribution >= 0.6 is 15.9 Å². The van der Waals surface area contributed by atoms with Crippen LogP contribution in [0.1, 0.15) is 22.8 Å². The highest BCUT2D eigenvalue weighted by Gasteiger charge is 2.14. The third-order valence-electron chi connectivity index (χ3n) is 3.61. The van der Waals surface area contributed by atoms with Crippen LogP contribution in [0.5, 0.6) is 0 Å². The standard InChI is InChI=1S/C18H20BrN3O4S/c1-3-21-27(25,26)15-7-4-13(5-8-15)18(24)20-11-17(23)22-14-6-9-16(19)12(2)10-14/h4-10,21H,3,11H2,1-2H3,(H,20,24)(H,22,23). The second-order valence-corrected chi connectivity index (χ2v) is 8.34. The number of rotatable bonds is 7. The Kier molecular flexibility index (Phi) is 7.11. The van der Waals surface area contributed by atoms with Crippen molar-refractivity contribution < 1.29 is 18.0 Å². The second-order valence-electron chi connectivity index (χ2n) is 5.72. The van der Waals surface area contributed by atoms with Crippen LogP contribution in [0.2, 0.25) is 0 Å². The minimum absolute atomic E-state index is 0.0734. The maximum Gasteiger partial charge on any atom is 0.251 e. The van der Waals surface area contributed by atoms with E-state index in [0.717, 1.165) is 10.0 Å². The van der Waals surface area contributed by atoms with Gasteiger partial charge in [-0.05, 0) is 55.0 Å². The van der Waals surface area contributed by atoms with E-state index in [-0.39, 0.29) is 29.5 Å². The van der Waals surface area contributed by atoms with Crippen molar-refractivity contribution in [3.63, 3.8) is 0 Å². The van der Waals surface area contributed by atoms with E-state index in [1.54, 1.807) is 13.0 Å². The summed E-state index contributed by atoms with van der Waals surface area (Å²) in [6, 6.07) is 10.9. The highest BCUT2D eigenvalue weighted by Crippen LogP contribution is 2.19. The van der Waals surface area contributed by atoms with Crippen molar-refractivity contribution in [2.24, 2.45) is 0 Å². The van der Waals surface area contributed by atoms with E-state index in [4.69, 9.17) is 0 Å². The second kappa shape index (κ2) is 9.12. The monoisotopic (exact) mass is 453 g/mol. The minimum atomic E-state index is -3.57. The van der Waals surface area contributed by atoms with Gasteiger partial charge in [0.1, 0.15) is 0 Å². The first kappa shape index (κ1) is 21.1. The summed E-state index contributed by atoms with van der Waals surface area (Å²) in [6.45, 7) is 3.66.